The molecule has 0 saturated carbocycles. The lowest BCUT2D eigenvalue weighted by atomic mass is 9.94. The Kier molecular flexibility index (Phi) is 3.87. The van der Waals surface area contributed by atoms with Crippen LogP contribution in [0.4, 0.5) is 0 Å². The highest BCUT2D eigenvalue weighted by Gasteiger charge is 2.22. The molecular weight excluding hydrogens is 286 g/mol. The van der Waals surface area contributed by atoms with Gasteiger partial charge in [0.05, 0.1) is 23.1 Å². The first-order chi connectivity index (χ1) is 11.3. The topological polar surface area (TPSA) is 49.7 Å². The van der Waals surface area contributed by atoms with Gasteiger partial charge in [-0.15, -0.1) is 0 Å². The van der Waals surface area contributed by atoms with Crippen molar-refractivity contribution in [3.05, 3.63) is 48.3 Å². The Morgan fingerprint density at radius 2 is 2.22 bits per heavy atom. The van der Waals surface area contributed by atoms with Crippen LogP contribution in [0.1, 0.15) is 24.4 Å². The zero-order valence-corrected chi connectivity index (χ0v) is 13.6. The minimum Gasteiger partial charge on any atom is -0.342 e. The first-order valence-corrected chi connectivity index (χ1v) is 8.39. The zero-order chi connectivity index (χ0) is 15.6. The fraction of sp³-hybridized carbons (Fsp3) is 0.444. The maximum Gasteiger partial charge on any atom is 0.107 e. The van der Waals surface area contributed by atoms with Gasteiger partial charge in [-0.05, 0) is 37.4 Å². The lowest BCUT2D eigenvalue weighted by Gasteiger charge is -2.32. The van der Waals surface area contributed by atoms with Crippen molar-refractivity contribution in [1.82, 2.24) is 24.4 Å². The number of aryl methyl sites for hydroxylation is 1. The molecule has 0 amide bonds. The van der Waals surface area contributed by atoms with E-state index < -0.39 is 0 Å². The minimum atomic E-state index is 0.678. The lowest BCUT2D eigenvalue weighted by Crippen LogP contribution is -2.36. The lowest BCUT2D eigenvalue weighted by molar-refractivity contribution is 0.163. The highest BCUT2D eigenvalue weighted by atomic mass is 15.2. The van der Waals surface area contributed by atoms with Crippen LogP contribution >= 0.6 is 0 Å². The van der Waals surface area contributed by atoms with Crippen LogP contribution in [0.5, 0.6) is 0 Å². The van der Waals surface area contributed by atoms with Crippen molar-refractivity contribution in [3.8, 4) is 0 Å². The molecule has 0 spiro atoms. The molecule has 1 N–H and O–H groups in total. The van der Waals surface area contributed by atoms with E-state index in [0.29, 0.717) is 5.92 Å². The summed E-state index contributed by atoms with van der Waals surface area (Å²) < 4.78 is 2.11. The molecule has 1 fully saturated rings. The van der Waals surface area contributed by atoms with Crippen LogP contribution in [-0.2, 0) is 20.0 Å². The van der Waals surface area contributed by atoms with Gasteiger partial charge in [0.15, 0.2) is 0 Å². The summed E-state index contributed by atoms with van der Waals surface area (Å²) in [6.45, 7) is 3.32. The van der Waals surface area contributed by atoms with E-state index in [-0.39, 0.29) is 0 Å². The average molecular weight is 309 g/mol. The van der Waals surface area contributed by atoms with Crippen LogP contribution in [0, 0.1) is 5.92 Å². The molecule has 4 rings (SSSR count). The molecule has 5 heteroatoms. The number of hydrogen-bond donors (Lipinski definition) is 1. The number of fused-ring (bicyclic) bond motifs is 1. The number of aromatic nitrogens is 4. The highest BCUT2D eigenvalue weighted by molar-refractivity contribution is 5.74. The zero-order valence-electron chi connectivity index (χ0n) is 13.6. The summed E-state index contributed by atoms with van der Waals surface area (Å²) in [7, 11) is 2.07. The first kappa shape index (κ1) is 14.5. The van der Waals surface area contributed by atoms with E-state index in [0.717, 1.165) is 36.4 Å². The second-order valence-corrected chi connectivity index (χ2v) is 6.64. The number of H-pyrrole nitrogens is 1. The van der Waals surface area contributed by atoms with E-state index in [2.05, 4.69) is 44.7 Å². The molecule has 0 aliphatic carbocycles. The van der Waals surface area contributed by atoms with Gasteiger partial charge >= 0.3 is 0 Å². The Morgan fingerprint density at radius 3 is 3.04 bits per heavy atom. The monoisotopic (exact) mass is 309 g/mol. The average Bonchev–Trinajstić information content (AvgIpc) is 3.13. The number of imidazole rings is 2. The summed E-state index contributed by atoms with van der Waals surface area (Å²) in [4.78, 5) is 15.0. The number of hydrogen-bond acceptors (Lipinski definition) is 3. The molecule has 3 heterocycles. The number of likely N-dealkylation sites (tertiary alicyclic amines) is 1. The number of benzene rings is 1. The van der Waals surface area contributed by atoms with Crippen molar-refractivity contribution in [2.24, 2.45) is 13.0 Å². The molecule has 5 nitrogen and oxygen atoms in total. The van der Waals surface area contributed by atoms with Gasteiger partial charge in [0.2, 0.25) is 0 Å². The van der Waals surface area contributed by atoms with Crippen molar-refractivity contribution in [2.45, 2.75) is 25.8 Å². The van der Waals surface area contributed by atoms with E-state index in [9.17, 15) is 0 Å². The Hall–Kier alpha value is -2.14. The fourth-order valence-electron chi connectivity index (χ4n) is 3.60. The maximum absolute atomic E-state index is 4.73. The van der Waals surface area contributed by atoms with Gasteiger partial charge in [0.1, 0.15) is 5.82 Å². The summed E-state index contributed by atoms with van der Waals surface area (Å²) in [5.41, 5.74) is 3.50. The Balaban J connectivity index is 1.42. The van der Waals surface area contributed by atoms with Crippen LogP contribution in [0.2, 0.25) is 0 Å². The van der Waals surface area contributed by atoms with Gasteiger partial charge in [-0.2, -0.15) is 0 Å². The van der Waals surface area contributed by atoms with Crippen LogP contribution in [0.25, 0.3) is 11.0 Å². The largest absolute Gasteiger partial charge is 0.342 e. The number of nitrogens with zero attached hydrogens (tertiary/aromatic N) is 4. The standard InChI is InChI=1S/C18H23N5/c1-22-13-19-10-15(22)12-23-8-4-5-14(11-23)9-18-20-16-6-2-3-7-17(16)21-18/h2-3,6-7,10,13-14H,4-5,8-9,11-12H2,1H3,(H,20,21)/t14-/m0/s1. The normalized spacial score (nSPS) is 19.4. The number of aromatic amines is 1. The Labute approximate surface area is 136 Å². The highest BCUT2D eigenvalue weighted by Crippen LogP contribution is 2.22. The summed E-state index contributed by atoms with van der Waals surface area (Å²) in [6, 6.07) is 8.27. The van der Waals surface area contributed by atoms with Crippen molar-refractivity contribution >= 4 is 11.0 Å². The summed E-state index contributed by atoms with van der Waals surface area (Å²) in [6.07, 6.45) is 7.45. The van der Waals surface area contributed by atoms with E-state index in [1.807, 2.05) is 18.6 Å². The molecule has 2 aromatic heterocycles. The predicted molar refractivity (Wildman–Crippen MR) is 91.0 cm³/mol. The smallest absolute Gasteiger partial charge is 0.107 e. The third-order valence-electron chi connectivity index (χ3n) is 4.83. The Morgan fingerprint density at radius 1 is 1.30 bits per heavy atom. The second kappa shape index (κ2) is 6.16. The van der Waals surface area contributed by atoms with E-state index in [1.165, 1.54) is 25.1 Å². The van der Waals surface area contributed by atoms with Gasteiger partial charge in [-0.3, -0.25) is 4.90 Å². The molecule has 1 aliphatic heterocycles. The van der Waals surface area contributed by atoms with Gasteiger partial charge in [-0.1, -0.05) is 12.1 Å². The molecule has 0 bridgehead atoms. The second-order valence-electron chi connectivity index (χ2n) is 6.64. The minimum absolute atomic E-state index is 0.678. The van der Waals surface area contributed by atoms with Gasteiger partial charge in [0, 0.05) is 32.8 Å². The van der Waals surface area contributed by atoms with E-state index in [1.54, 1.807) is 0 Å². The molecule has 1 atom stereocenters. The fourth-order valence-corrected chi connectivity index (χ4v) is 3.60. The van der Waals surface area contributed by atoms with Crippen molar-refractivity contribution < 1.29 is 0 Å². The Bertz CT molecular complexity index is 754. The summed E-state index contributed by atoms with van der Waals surface area (Å²) in [5, 5.41) is 0. The third kappa shape index (κ3) is 3.15. The summed E-state index contributed by atoms with van der Waals surface area (Å²) in [5.74, 6) is 1.80. The van der Waals surface area contributed by atoms with E-state index in [4.69, 9.17) is 4.98 Å². The first-order valence-electron chi connectivity index (χ1n) is 8.39. The molecule has 1 saturated heterocycles. The number of rotatable bonds is 4. The number of para-hydroxylation sites is 2. The van der Waals surface area contributed by atoms with Crippen molar-refractivity contribution in [3.63, 3.8) is 0 Å². The number of piperidine rings is 1. The quantitative estimate of drug-likeness (QED) is 0.806. The molecule has 1 aliphatic rings. The van der Waals surface area contributed by atoms with Crippen LogP contribution < -0.4 is 0 Å². The van der Waals surface area contributed by atoms with Crippen LogP contribution in [0.3, 0.4) is 0 Å². The predicted octanol–water partition coefficient (Wildman–Crippen LogP) is 2.75. The molecule has 120 valence electrons. The van der Waals surface area contributed by atoms with Gasteiger partial charge < -0.3 is 9.55 Å². The third-order valence-corrected chi connectivity index (χ3v) is 4.83. The van der Waals surface area contributed by atoms with Crippen LogP contribution in [0.15, 0.2) is 36.8 Å². The number of nitrogens with one attached hydrogen (secondary N) is 1. The van der Waals surface area contributed by atoms with Crippen molar-refractivity contribution in [1.29, 1.82) is 0 Å². The molecular formula is C18H23N5. The molecule has 1 aromatic carbocycles. The van der Waals surface area contributed by atoms with E-state index >= 15 is 0 Å². The molecule has 23 heavy (non-hydrogen) atoms. The van der Waals surface area contributed by atoms with Crippen LogP contribution in [-0.4, -0.2) is 37.5 Å². The maximum atomic E-state index is 4.73. The molecule has 0 radical (unpaired) electrons. The van der Waals surface area contributed by atoms with Gasteiger partial charge in [0.25, 0.3) is 0 Å². The summed E-state index contributed by atoms with van der Waals surface area (Å²) >= 11 is 0. The van der Waals surface area contributed by atoms with Crippen molar-refractivity contribution in [2.75, 3.05) is 13.1 Å². The molecule has 0 unspecified atom stereocenters. The SMILES string of the molecule is Cn1cncc1CN1CCC[C@@H](Cc2nc3ccccc3[nH]2)C1. The molecule has 3 aromatic rings. The van der Waals surface area contributed by atoms with Gasteiger partial charge in [-0.25, -0.2) is 9.97 Å².